The maximum atomic E-state index is 13.7. The van der Waals surface area contributed by atoms with Crippen molar-refractivity contribution < 1.29 is 60.4 Å². The van der Waals surface area contributed by atoms with Crippen LogP contribution in [0, 0.1) is 0 Å². The van der Waals surface area contributed by atoms with Crippen LogP contribution < -0.4 is 9.64 Å². The van der Waals surface area contributed by atoms with Crippen molar-refractivity contribution in [2.75, 3.05) is 45.4 Å². The van der Waals surface area contributed by atoms with Crippen molar-refractivity contribution in [2.45, 2.75) is 57.4 Å². The van der Waals surface area contributed by atoms with Gasteiger partial charge in [-0.2, -0.15) is 26.3 Å². The third-order valence-electron chi connectivity index (χ3n) is 5.42. The molecule has 1 amide bonds. The fourth-order valence-electron chi connectivity index (χ4n) is 3.71. The fraction of sp³-hybridized carbons (Fsp3) is 0.625. The molecular formula is C24H32F6N2O7. The first-order valence-corrected chi connectivity index (χ1v) is 11.7. The molecule has 1 aromatic carbocycles. The number of rotatable bonds is 7. The van der Waals surface area contributed by atoms with Gasteiger partial charge < -0.3 is 29.5 Å². The second kappa shape index (κ2) is 13.3. The van der Waals surface area contributed by atoms with Gasteiger partial charge in [0.1, 0.15) is 12.4 Å². The summed E-state index contributed by atoms with van der Waals surface area (Å²) in [5.74, 6) is -6.01. The Labute approximate surface area is 221 Å². The number of nitrogens with zero attached hydrogens (tertiary/aromatic N) is 2. The minimum atomic E-state index is -5.18. The highest BCUT2D eigenvalue weighted by molar-refractivity contribution is 6.06. The van der Waals surface area contributed by atoms with Gasteiger partial charge in [-0.3, -0.25) is 4.79 Å². The lowest BCUT2D eigenvalue weighted by molar-refractivity contribution is -0.192. The van der Waals surface area contributed by atoms with E-state index in [9.17, 15) is 41.0 Å². The number of carbonyl (C=O) groups is 3. The Morgan fingerprint density at radius 1 is 0.974 bits per heavy atom. The number of carbonyl (C=O) groups excluding carboxylic acids is 1. The molecule has 9 nitrogen and oxygen atoms in total. The zero-order valence-electron chi connectivity index (χ0n) is 22.1. The normalized spacial score (nSPS) is 14.9. The minimum Gasteiger partial charge on any atom is -0.492 e. The lowest BCUT2D eigenvalue weighted by Gasteiger charge is -2.39. The van der Waals surface area contributed by atoms with E-state index < -0.39 is 41.7 Å². The van der Waals surface area contributed by atoms with Gasteiger partial charge in [0.2, 0.25) is 0 Å². The number of alkyl halides is 6. The van der Waals surface area contributed by atoms with Crippen LogP contribution in [0.1, 0.15) is 49.5 Å². The van der Waals surface area contributed by atoms with E-state index in [1.54, 1.807) is 20.8 Å². The molecule has 0 bridgehead atoms. The highest BCUT2D eigenvalue weighted by Gasteiger charge is 2.48. The van der Waals surface area contributed by atoms with Crippen LogP contribution in [0.3, 0.4) is 0 Å². The molecule has 222 valence electrons. The lowest BCUT2D eigenvalue weighted by Crippen LogP contribution is -2.50. The number of aromatic carboxylic acids is 1. The molecule has 1 saturated heterocycles. The molecule has 0 aliphatic carbocycles. The number of likely N-dealkylation sites (N-methyl/N-ethyl adjacent to an activating group) is 1. The molecule has 1 aromatic rings. The Hall–Kier alpha value is -3.07. The number of aliphatic carboxylic acids is 1. The molecule has 0 saturated carbocycles. The van der Waals surface area contributed by atoms with E-state index in [2.05, 4.69) is 0 Å². The van der Waals surface area contributed by atoms with Gasteiger partial charge in [0, 0.05) is 31.4 Å². The van der Waals surface area contributed by atoms with Crippen molar-refractivity contribution >= 4 is 23.5 Å². The monoisotopic (exact) mass is 574 g/mol. The van der Waals surface area contributed by atoms with Crippen LogP contribution in [0.5, 0.6) is 5.75 Å². The number of amides is 1. The van der Waals surface area contributed by atoms with Gasteiger partial charge in [-0.1, -0.05) is 20.8 Å². The number of anilines is 1. The van der Waals surface area contributed by atoms with Gasteiger partial charge in [0.25, 0.3) is 0 Å². The first-order chi connectivity index (χ1) is 17.7. The fourth-order valence-corrected chi connectivity index (χ4v) is 3.71. The summed E-state index contributed by atoms with van der Waals surface area (Å²) < 4.78 is 83.9. The van der Waals surface area contributed by atoms with Crippen LogP contribution in [0.4, 0.5) is 32.0 Å². The van der Waals surface area contributed by atoms with E-state index in [0.717, 1.165) is 0 Å². The van der Waals surface area contributed by atoms with Crippen LogP contribution in [0.2, 0.25) is 0 Å². The van der Waals surface area contributed by atoms with E-state index in [-0.39, 0.29) is 55.2 Å². The summed E-state index contributed by atoms with van der Waals surface area (Å²) in [4.78, 5) is 36.1. The number of ether oxygens (including phenoxy) is 2. The molecule has 0 unspecified atom stereocenters. The number of carboxylic acids is 2. The quantitative estimate of drug-likeness (QED) is 0.463. The van der Waals surface area contributed by atoms with Crippen LogP contribution in [0.25, 0.3) is 0 Å². The molecule has 1 fully saturated rings. The summed E-state index contributed by atoms with van der Waals surface area (Å²) in [6.07, 6.45) is -9.93. The molecular weight excluding hydrogens is 542 g/mol. The number of halogens is 6. The first kappa shape index (κ1) is 34.0. The second-order valence-corrected chi connectivity index (χ2v) is 9.86. The zero-order valence-corrected chi connectivity index (χ0v) is 22.1. The van der Waals surface area contributed by atoms with Crippen molar-refractivity contribution in [3.8, 4) is 5.75 Å². The Morgan fingerprint density at radius 2 is 1.49 bits per heavy atom. The molecule has 2 rings (SSSR count). The van der Waals surface area contributed by atoms with Crippen molar-refractivity contribution in [2.24, 2.45) is 0 Å². The highest BCUT2D eigenvalue weighted by atomic mass is 19.4. The largest absolute Gasteiger partial charge is 0.492 e. The molecule has 0 atom stereocenters. The first-order valence-electron chi connectivity index (χ1n) is 11.7. The Balaban J connectivity index is 0.000000956. The van der Waals surface area contributed by atoms with Gasteiger partial charge in [0.15, 0.2) is 0 Å². The maximum absolute atomic E-state index is 13.7. The minimum absolute atomic E-state index is 0.163. The van der Waals surface area contributed by atoms with Crippen LogP contribution in [-0.4, -0.2) is 91.8 Å². The van der Waals surface area contributed by atoms with E-state index in [1.165, 1.54) is 12.1 Å². The smallest absolute Gasteiger partial charge is 0.490 e. The number of hydrogen-bond donors (Lipinski definition) is 2. The standard InChI is InChI=1S/C22H31F3N2O5.C2HF3O2/c1-21(2,3)17-16(32-13-10-26(4)5)7-6-15(19(28)29)18(17)27(20(30)22(23,24)25)14-8-11-31-12-9-14;3-2(4,5)1(6)7/h6-7,14H,8-13H2,1-5H3,(H,28,29);(H,6,7). The predicted octanol–water partition coefficient (Wildman–Crippen LogP) is 4.33. The van der Waals surface area contributed by atoms with Crippen LogP contribution in [-0.2, 0) is 19.7 Å². The van der Waals surface area contributed by atoms with Crippen molar-refractivity contribution in [1.29, 1.82) is 0 Å². The Bertz CT molecular complexity index is 1010. The van der Waals surface area contributed by atoms with Crippen LogP contribution in [0.15, 0.2) is 12.1 Å². The van der Waals surface area contributed by atoms with E-state index in [0.29, 0.717) is 11.4 Å². The van der Waals surface area contributed by atoms with Crippen LogP contribution >= 0.6 is 0 Å². The van der Waals surface area contributed by atoms with Gasteiger partial charge in [-0.25, -0.2) is 9.59 Å². The molecule has 15 heteroatoms. The summed E-state index contributed by atoms with van der Waals surface area (Å²) in [6.45, 7) is 6.39. The number of hydrogen-bond acceptors (Lipinski definition) is 6. The summed E-state index contributed by atoms with van der Waals surface area (Å²) in [5.41, 5.74) is -1.20. The van der Waals surface area contributed by atoms with Crippen molar-refractivity contribution in [1.82, 2.24) is 4.90 Å². The molecule has 1 aliphatic heterocycles. The van der Waals surface area contributed by atoms with Gasteiger partial charge in [-0.05, 0) is 44.5 Å². The second-order valence-electron chi connectivity index (χ2n) is 9.86. The van der Waals surface area contributed by atoms with Crippen molar-refractivity contribution in [3.63, 3.8) is 0 Å². The third-order valence-corrected chi connectivity index (χ3v) is 5.42. The summed E-state index contributed by atoms with van der Waals surface area (Å²) in [7, 11) is 3.70. The number of carboxylic acid groups (broad SMARTS) is 2. The highest BCUT2D eigenvalue weighted by Crippen LogP contribution is 2.44. The number of benzene rings is 1. The molecule has 2 N–H and O–H groups in total. The third kappa shape index (κ3) is 9.88. The molecule has 0 aromatic heterocycles. The van der Waals surface area contributed by atoms with Gasteiger partial charge in [0.05, 0.1) is 11.3 Å². The van der Waals surface area contributed by atoms with E-state index in [4.69, 9.17) is 19.4 Å². The summed E-state index contributed by atoms with van der Waals surface area (Å²) in [6, 6.07) is 1.80. The predicted molar refractivity (Wildman–Crippen MR) is 127 cm³/mol. The van der Waals surface area contributed by atoms with Gasteiger partial charge >= 0.3 is 30.2 Å². The summed E-state index contributed by atoms with van der Waals surface area (Å²) >= 11 is 0. The molecule has 1 heterocycles. The summed E-state index contributed by atoms with van der Waals surface area (Å²) in [5, 5.41) is 17.0. The average molecular weight is 575 g/mol. The zero-order chi connectivity index (χ0) is 30.3. The van der Waals surface area contributed by atoms with Gasteiger partial charge in [-0.15, -0.1) is 0 Å². The molecule has 0 radical (unpaired) electrons. The van der Waals surface area contributed by atoms with E-state index >= 15 is 0 Å². The maximum Gasteiger partial charge on any atom is 0.490 e. The SMILES string of the molecule is CN(C)CCOc1ccc(C(=O)O)c(N(C(=O)C(F)(F)F)C2CCOCC2)c1C(C)(C)C.O=C(O)C(F)(F)F. The topological polar surface area (TPSA) is 117 Å². The Kier molecular flexibility index (Phi) is 11.6. The average Bonchev–Trinajstić information content (AvgIpc) is 2.78. The van der Waals surface area contributed by atoms with E-state index in [1.807, 2.05) is 19.0 Å². The lowest BCUT2D eigenvalue weighted by atomic mass is 9.82. The molecule has 1 aliphatic rings. The Morgan fingerprint density at radius 3 is 1.87 bits per heavy atom. The molecule has 0 spiro atoms. The van der Waals surface area contributed by atoms with Crippen molar-refractivity contribution in [3.05, 3.63) is 23.3 Å². The molecule has 39 heavy (non-hydrogen) atoms.